The molecule has 2 atom stereocenters. The van der Waals surface area contributed by atoms with Crippen molar-refractivity contribution in [1.29, 1.82) is 0 Å². The molecule has 0 spiro atoms. The van der Waals surface area contributed by atoms with Crippen molar-refractivity contribution in [3.05, 3.63) is 29.3 Å². The Morgan fingerprint density at radius 1 is 1.33 bits per heavy atom. The average molecular weight is 372 g/mol. The van der Waals surface area contributed by atoms with E-state index in [0.29, 0.717) is 30.6 Å². The number of hydrogen-bond donors (Lipinski definition) is 2. The van der Waals surface area contributed by atoms with E-state index in [2.05, 4.69) is 5.32 Å². The van der Waals surface area contributed by atoms with Crippen LogP contribution >= 0.6 is 0 Å². The maximum absolute atomic E-state index is 12.9. The van der Waals surface area contributed by atoms with E-state index in [4.69, 9.17) is 0 Å². The predicted molar refractivity (Wildman–Crippen MR) is 103 cm³/mol. The molecule has 1 aromatic carbocycles. The van der Waals surface area contributed by atoms with Crippen LogP contribution in [0.25, 0.3) is 0 Å². The summed E-state index contributed by atoms with van der Waals surface area (Å²) in [6.07, 6.45) is 2.89. The van der Waals surface area contributed by atoms with Gasteiger partial charge >= 0.3 is 5.97 Å². The van der Waals surface area contributed by atoms with Crippen LogP contribution in [0, 0.1) is 24.2 Å². The van der Waals surface area contributed by atoms with Crippen molar-refractivity contribution in [2.45, 2.75) is 46.5 Å². The van der Waals surface area contributed by atoms with Crippen molar-refractivity contribution in [3.63, 3.8) is 0 Å². The van der Waals surface area contributed by atoms with Crippen LogP contribution in [0.2, 0.25) is 0 Å². The van der Waals surface area contributed by atoms with Crippen LogP contribution in [-0.4, -0.2) is 40.9 Å². The number of likely N-dealkylation sites (tertiary alicyclic amines) is 1. The number of hydrogen-bond acceptors (Lipinski definition) is 3. The quantitative estimate of drug-likeness (QED) is 0.830. The Morgan fingerprint density at radius 2 is 2.07 bits per heavy atom. The molecule has 3 rings (SSSR count). The SMILES string of the molecule is Cc1cc(C(=O)N2C[C@@H]3CCC[C@@]3(C(=O)O)C2)ccc1NC(=O)CC(C)C. The number of nitrogens with zero attached hydrogens (tertiary/aromatic N) is 1. The van der Waals surface area contributed by atoms with Crippen molar-refractivity contribution in [3.8, 4) is 0 Å². The first-order valence-electron chi connectivity index (χ1n) is 9.66. The smallest absolute Gasteiger partial charge is 0.311 e. The molecule has 1 aliphatic carbocycles. The third-order valence-corrected chi connectivity index (χ3v) is 5.92. The van der Waals surface area contributed by atoms with Crippen LogP contribution in [-0.2, 0) is 9.59 Å². The highest BCUT2D eigenvalue weighted by atomic mass is 16.4. The topological polar surface area (TPSA) is 86.7 Å². The third-order valence-electron chi connectivity index (χ3n) is 5.92. The molecule has 0 radical (unpaired) electrons. The molecule has 146 valence electrons. The largest absolute Gasteiger partial charge is 0.481 e. The zero-order chi connectivity index (χ0) is 19.8. The Bertz CT molecular complexity index is 773. The van der Waals surface area contributed by atoms with Gasteiger partial charge in [-0.3, -0.25) is 14.4 Å². The summed E-state index contributed by atoms with van der Waals surface area (Å²) in [6, 6.07) is 5.24. The van der Waals surface area contributed by atoms with Crippen molar-refractivity contribution < 1.29 is 19.5 Å². The lowest BCUT2D eigenvalue weighted by atomic mass is 9.81. The van der Waals surface area contributed by atoms with Crippen molar-refractivity contribution >= 4 is 23.5 Å². The molecule has 0 unspecified atom stereocenters. The molecule has 1 heterocycles. The Kier molecular flexibility index (Phi) is 5.27. The van der Waals surface area contributed by atoms with Gasteiger partial charge in [0.2, 0.25) is 5.91 Å². The first-order chi connectivity index (χ1) is 12.7. The van der Waals surface area contributed by atoms with E-state index in [1.165, 1.54) is 0 Å². The molecule has 0 aromatic heterocycles. The minimum atomic E-state index is -0.778. The second kappa shape index (κ2) is 7.33. The van der Waals surface area contributed by atoms with Crippen molar-refractivity contribution in [2.24, 2.45) is 17.3 Å². The summed E-state index contributed by atoms with van der Waals surface area (Å²) in [4.78, 5) is 38.4. The zero-order valence-corrected chi connectivity index (χ0v) is 16.2. The van der Waals surface area contributed by atoms with E-state index in [-0.39, 0.29) is 30.2 Å². The molecule has 27 heavy (non-hydrogen) atoms. The van der Waals surface area contributed by atoms with Gasteiger partial charge in [-0.05, 0) is 55.4 Å². The van der Waals surface area contributed by atoms with Gasteiger partial charge in [-0.2, -0.15) is 0 Å². The Morgan fingerprint density at radius 3 is 2.67 bits per heavy atom. The van der Waals surface area contributed by atoms with E-state index < -0.39 is 11.4 Å². The first-order valence-corrected chi connectivity index (χ1v) is 9.66. The number of aliphatic carboxylic acids is 1. The highest BCUT2D eigenvalue weighted by Crippen LogP contribution is 2.49. The monoisotopic (exact) mass is 372 g/mol. The van der Waals surface area contributed by atoms with Crippen LogP contribution in [0.1, 0.15) is 55.5 Å². The number of fused-ring (bicyclic) bond motifs is 1. The molecule has 2 fully saturated rings. The Balaban J connectivity index is 1.72. The predicted octanol–water partition coefficient (Wildman–Crippen LogP) is 3.31. The van der Waals surface area contributed by atoms with Gasteiger partial charge in [-0.25, -0.2) is 0 Å². The van der Waals surface area contributed by atoms with Gasteiger partial charge in [0.1, 0.15) is 0 Å². The lowest BCUT2D eigenvalue weighted by Gasteiger charge is -2.23. The van der Waals surface area contributed by atoms with Crippen LogP contribution in [0.3, 0.4) is 0 Å². The first kappa shape index (κ1) is 19.4. The number of carbonyl (C=O) groups excluding carboxylic acids is 2. The lowest BCUT2D eigenvalue weighted by molar-refractivity contribution is -0.149. The molecule has 2 amide bonds. The molecule has 2 N–H and O–H groups in total. The number of amides is 2. The molecule has 0 bridgehead atoms. The summed E-state index contributed by atoms with van der Waals surface area (Å²) >= 11 is 0. The molecule has 6 heteroatoms. The zero-order valence-electron chi connectivity index (χ0n) is 16.2. The highest BCUT2D eigenvalue weighted by Gasteiger charge is 2.55. The van der Waals surface area contributed by atoms with Crippen LogP contribution < -0.4 is 5.32 Å². The lowest BCUT2D eigenvalue weighted by Crippen LogP contribution is -2.37. The Hall–Kier alpha value is -2.37. The van der Waals surface area contributed by atoms with Gasteiger partial charge < -0.3 is 15.3 Å². The summed E-state index contributed by atoms with van der Waals surface area (Å²) in [5, 5.41) is 12.6. The second-order valence-electron chi connectivity index (χ2n) is 8.41. The van der Waals surface area contributed by atoms with Gasteiger partial charge in [0, 0.05) is 30.8 Å². The molecule has 1 saturated carbocycles. The third kappa shape index (κ3) is 3.70. The van der Waals surface area contributed by atoms with Gasteiger partial charge in [-0.15, -0.1) is 0 Å². The molecule has 1 aliphatic heterocycles. The van der Waals surface area contributed by atoms with Crippen molar-refractivity contribution in [2.75, 3.05) is 18.4 Å². The number of rotatable bonds is 5. The molecule has 1 aromatic rings. The number of nitrogens with one attached hydrogen (secondary N) is 1. The molecule has 2 aliphatic rings. The van der Waals surface area contributed by atoms with E-state index in [9.17, 15) is 19.5 Å². The molecular formula is C21H28N2O4. The van der Waals surface area contributed by atoms with Gasteiger partial charge in [0.05, 0.1) is 5.41 Å². The average Bonchev–Trinajstić information content (AvgIpc) is 3.13. The number of carboxylic acids is 1. The molecule has 1 saturated heterocycles. The van der Waals surface area contributed by atoms with Crippen LogP contribution in [0.4, 0.5) is 5.69 Å². The van der Waals surface area contributed by atoms with E-state index in [1.54, 1.807) is 23.1 Å². The Labute approximate surface area is 159 Å². The van der Waals surface area contributed by atoms with E-state index in [1.807, 2.05) is 20.8 Å². The molecular weight excluding hydrogens is 344 g/mol. The normalized spacial score (nSPS) is 24.1. The second-order valence-corrected chi connectivity index (χ2v) is 8.41. The van der Waals surface area contributed by atoms with Crippen LogP contribution in [0.5, 0.6) is 0 Å². The number of carboxylic acid groups (broad SMARTS) is 1. The maximum atomic E-state index is 12.9. The summed E-state index contributed by atoms with van der Waals surface area (Å²) in [5.41, 5.74) is 1.30. The standard InChI is InChI=1S/C21H28N2O4/c1-13(2)9-18(24)22-17-7-6-15(10-14(17)3)19(25)23-11-16-5-4-8-21(16,12-23)20(26)27/h6-7,10,13,16H,4-5,8-9,11-12H2,1-3H3,(H,22,24)(H,26,27)/t16-,21+/m0/s1. The van der Waals surface area contributed by atoms with Gasteiger partial charge in [0.15, 0.2) is 0 Å². The minimum absolute atomic E-state index is 0.0389. The van der Waals surface area contributed by atoms with E-state index >= 15 is 0 Å². The summed E-state index contributed by atoms with van der Waals surface area (Å²) in [7, 11) is 0. The van der Waals surface area contributed by atoms with E-state index in [0.717, 1.165) is 18.4 Å². The minimum Gasteiger partial charge on any atom is -0.481 e. The van der Waals surface area contributed by atoms with Gasteiger partial charge in [-0.1, -0.05) is 20.3 Å². The summed E-state index contributed by atoms with van der Waals surface area (Å²) in [5.74, 6) is -0.618. The van der Waals surface area contributed by atoms with Crippen LogP contribution in [0.15, 0.2) is 18.2 Å². The number of carbonyl (C=O) groups is 3. The fourth-order valence-electron chi connectivity index (χ4n) is 4.49. The highest BCUT2D eigenvalue weighted by molar-refractivity contribution is 5.97. The van der Waals surface area contributed by atoms with Gasteiger partial charge in [0.25, 0.3) is 5.91 Å². The summed E-state index contributed by atoms with van der Waals surface area (Å²) in [6.45, 7) is 6.64. The fourth-order valence-corrected chi connectivity index (χ4v) is 4.49. The maximum Gasteiger partial charge on any atom is 0.311 e. The number of benzene rings is 1. The molecule has 6 nitrogen and oxygen atoms in total. The number of aryl methyl sites for hydroxylation is 1. The fraction of sp³-hybridized carbons (Fsp3) is 0.571. The van der Waals surface area contributed by atoms with Crippen molar-refractivity contribution in [1.82, 2.24) is 4.90 Å². The summed E-state index contributed by atoms with van der Waals surface area (Å²) < 4.78 is 0. The number of anilines is 1.